The summed E-state index contributed by atoms with van der Waals surface area (Å²) < 4.78 is 14.1. The SMILES string of the molecule is CCOc1cc(CN2CCC(Nc3ccnc(C)c3)CC2)cc(OCC)c1-n1cccc1. The number of ether oxygens (including phenoxy) is 2. The average Bonchev–Trinajstić information content (AvgIpc) is 3.30. The summed E-state index contributed by atoms with van der Waals surface area (Å²) in [7, 11) is 0. The van der Waals surface area contributed by atoms with E-state index in [9.17, 15) is 0 Å². The number of rotatable bonds is 9. The second-order valence-electron chi connectivity index (χ2n) is 8.28. The molecule has 0 aliphatic carbocycles. The van der Waals surface area contributed by atoms with E-state index in [4.69, 9.17) is 9.47 Å². The molecule has 3 heterocycles. The van der Waals surface area contributed by atoms with Crippen LogP contribution in [-0.2, 0) is 6.54 Å². The molecule has 1 aliphatic heterocycles. The molecule has 6 heteroatoms. The lowest BCUT2D eigenvalue weighted by molar-refractivity contribution is 0.210. The summed E-state index contributed by atoms with van der Waals surface area (Å²) >= 11 is 0. The normalized spacial score (nSPS) is 15.0. The zero-order valence-electron chi connectivity index (χ0n) is 19.4. The number of nitrogens with zero attached hydrogens (tertiary/aromatic N) is 3. The minimum absolute atomic E-state index is 0.502. The van der Waals surface area contributed by atoms with Crippen LogP contribution in [0.15, 0.2) is 55.0 Å². The van der Waals surface area contributed by atoms with Gasteiger partial charge < -0.3 is 19.4 Å². The largest absolute Gasteiger partial charge is 0.492 e. The van der Waals surface area contributed by atoms with Gasteiger partial charge in [0.15, 0.2) is 0 Å². The average molecular weight is 435 g/mol. The van der Waals surface area contributed by atoms with Crippen LogP contribution in [-0.4, -0.2) is 46.8 Å². The lowest BCUT2D eigenvalue weighted by Gasteiger charge is -2.33. The molecule has 0 amide bonds. The van der Waals surface area contributed by atoms with Crippen LogP contribution >= 0.6 is 0 Å². The first-order valence-corrected chi connectivity index (χ1v) is 11.6. The van der Waals surface area contributed by atoms with E-state index < -0.39 is 0 Å². The van der Waals surface area contributed by atoms with Crippen LogP contribution in [0.5, 0.6) is 11.5 Å². The topological polar surface area (TPSA) is 51.6 Å². The molecule has 0 saturated carbocycles. The Hall–Kier alpha value is -2.99. The summed E-state index contributed by atoms with van der Waals surface area (Å²) in [5.41, 5.74) is 4.41. The Balaban J connectivity index is 1.45. The van der Waals surface area contributed by atoms with Crippen molar-refractivity contribution in [2.75, 3.05) is 31.6 Å². The molecule has 0 spiro atoms. The van der Waals surface area contributed by atoms with Crippen LogP contribution in [0.3, 0.4) is 0 Å². The van der Waals surface area contributed by atoms with Gasteiger partial charge >= 0.3 is 0 Å². The Bertz CT molecular complexity index is 968. The van der Waals surface area contributed by atoms with E-state index in [1.54, 1.807) is 0 Å². The van der Waals surface area contributed by atoms with Gasteiger partial charge in [-0.25, -0.2) is 0 Å². The van der Waals surface area contributed by atoms with Gasteiger partial charge in [-0.15, -0.1) is 0 Å². The third-order valence-corrected chi connectivity index (χ3v) is 5.82. The van der Waals surface area contributed by atoms with Crippen LogP contribution in [0, 0.1) is 6.92 Å². The summed E-state index contributed by atoms with van der Waals surface area (Å²) in [6.45, 7) is 10.3. The number of anilines is 1. The molecule has 1 aromatic carbocycles. The van der Waals surface area contributed by atoms with E-state index >= 15 is 0 Å². The van der Waals surface area contributed by atoms with E-state index in [0.717, 1.165) is 55.4 Å². The first-order chi connectivity index (χ1) is 15.7. The molecule has 0 bridgehead atoms. The Kier molecular flexibility index (Phi) is 7.32. The van der Waals surface area contributed by atoms with Crippen LogP contribution < -0.4 is 14.8 Å². The quantitative estimate of drug-likeness (QED) is 0.510. The van der Waals surface area contributed by atoms with Crippen molar-refractivity contribution >= 4 is 5.69 Å². The summed E-state index contributed by atoms with van der Waals surface area (Å²) in [6, 6.07) is 13.0. The maximum Gasteiger partial charge on any atom is 0.147 e. The van der Waals surface area contributed by atoms with Crippen LogP contribution in [0.25, 0.3) is 5.69 Å². The first kappa shape index (κ1) is 22.2. The Labute approximate surface area is 191 Å². The van der Waals surface area contributed by atoms with Crippen molar-refractivity contribution in [3.8, 4) is 17.2 Å². The first-order valence-electron chi connectivity index (χ1n) is 11.6. The molecular formula is C26H34N4O2. The highest BCUT2D eigenvalue weighted by Crippen LogP contribution is 2.35. The monoisotopic (exact) mass is 434 g/mol. The molecule has 4 rings (SSSR count). The van der Waals surface area contributed by atoms with E-state index in [1.165, 1.54) is 11.3 Å². The zero-order chi connectivity index (χ0) is 22.3. The van der Waals surface area contributed by atoms with Crippen molar-refractivity contribution in [1.82, 2.24) is 14.5 Å². The summed E-state index contributed by atoms with van der Waals surface area (Å²) in [5.74, 6) is 1.74. The number of likely N-dealkylation sites (tertiary alicyclic amines) is 1. The minimum atomic E-state index is 0.502. The Morgan fingerprint density at radius 2 is 1.66 bits per heavy atom. The second-order valence-corrected chi connectivity index (χ2v) is 8.28. The van der Waals surface area contributed by atoms with Crippen LogP contribution in [0.1, 0.15) is 37.9 Å². The lowest BCUT2D eigenvalue weighted by Crippen LogP contribution is -2.38. The molecule has 32 heavy (non-hydrogen) atoms. The molecule has 170 valence electrons. The fourth-order valence-corrected chi connectivity index (χ4v) is 4.36. The fourth-order valence-electron chi connectivity index (χ4n) is 4.36. The number of hydrogen-bond acceptors (Lipinski definition) is 5. The third-order valence-electron chi connectivity index (χ3n) is 5.82. The number of aryl methyl sites for hydroxylation is 1. The van der Waals surface area contributed by atoms with Crippen LogP contribution in [0.4, 0.5) is 5.69 Å². The molecule has 0 unspecified atom stereocenters. The van der Waals surface area contributed by atoms with E-state index in [0.29, 0.717) is 19.3 Å². The van der Waals surface area contributed by atoms with Crippen molar-refractivity contribution in [3.63, 3.8) is 0 Å². The van der Waals surface area contributed by atoms with Gasteiger partial charge in [-0.3, -0.25) is 9.88 Å². The van der Waals surface area contributed by atoms with Gasteiger partial charge in [-0.1, -0.05) is 0 Å². The number of benzene rings is 1. The maximum absolute atomic E-state index is 6.04. The Morgan fingerprint density at radius 1 is 1.00 bits per heavy atom. The molecule has 0 radical (unpaired) electrons. The molecule has 0 atom stereocenters. The second kappa shape index (κ2) is 10.6. The summed E-state index contributed by atoms with van der Waals surface area (Å²) in [5, 5.41) is 3.67. The van der Waals surface area contributed by atoms with Gasteiger partial charge in [0, 0.05) is 55.6 Å². The molecule has 1 fully saturated rings. The van der Waals surface area contributed by atoms with E-state index in [-0.39, 0.29) is 0 Å². The third kappa shape index (κ3) is 5.43. The van der Waals surface area contributed by atoms with E-state index in [2.05, 4.69) is 44.0 Å². The standard InChI is InChI=1S/C26H34N4O2/c1-4-31-24-17-21(18-25(32-5-2)26(24)30-12-6-7-13-30)19-29-14-9-22(10-15-29)28-23-8-11-27-20(3)16-23/h6-8,11-13,16-18,22H,4-5,9-10,14-15,19H2,1-3H3,(H,27,28). The van der Waals surface area contributed by atoms with Crippen molar-refractivity contribution in [2.45, 2.75) is 46.2 Å². The van der Waals surface area contributed by atoms with Crippen molar-refractivity contribution < 1.29 is 9.47 Å². The number of nitrogens with one attached hydrogen (secondary N) is 1. The van der Waals surface area contributed by atoms with Gasteiger partial charge in [-0.05, 0) is 75.6 Å². The van der Waals surface area contributed by atoms with Crippen molar-refractivity contribution in [2.24, 2.45) is 0 Å². The predicted molar refractivity (Wildman–Crippen MR) is 129 cm³/mol. The summed E-state index contributed by atoms with van der Waals surface area (Å²) in [6.07, 6.45) is 8.18. The molecule has 1 saturated heterocycles. The highest BCUT2D eigenvalue weighted by molar-refractivity contribution is 5.59. The number of piperidine rings is 1. The fraction of sp³-hybridized carbons (Fsp3) is 0.423. The number of aromatic nitrogens is 2. The van der Waals surface area contributed by atoms with Gasteiger partial charge in [0.25, 0.3) is 0 Å². The highest BCUT2D eigenvalue weighted by Gasteiger charge is 2.21. The molecule has 2 aromatic heterocycles. The van der Waals surface area contributed by atoms with Crippen molar-refractivity contribution in [1.29, 1.82) is 0 Å². The van der Waals surface area contributed by atoms with Gasteiger partial charge in [0.1, 0.15) is 17.2 Å². The molecule has 6 nitrogen and oxygen atoms in total. The summed E-state index contributed by atoms with van der Waals surface area (Å²) in [4.78, 5) is 6.80. The molecule has 1 N–H and O–H groups in total. The molecular weight excluding hydrogens is 400 g/mol. The van der Waals surface area contributed by atoms with Gasteiger partial charge in [0.2, 0.25) is 0 Å². The number of hydrogen-bond donors (Lipinski definition) is 1. The highest BCUT2D eigenvalue weighted by atomic mass is 16.5. The van der Waals surface area contributed by atoms with Crippen LogP contribution in [0.2, 0.25) is 0 Å². The van der Waals surface area contributed by atoms with E-state index in [1.807, 2.05) is 51.5 Å². The number of pyridine rings is 1. The minimum Gasteiger partial charge on any atom is -0.492 e. The lowest BCUT2D eigenvalue weighted by atomic mass is 10.0. The maximum atomic E-state index is 6.04. The Morgan fingerprint density at radius 3 is 2.25 bits per heavy atom. The van der Waals surface area contributed by atoms with Gasteiger partial charge in [0.05, 0.1) is 13.2 Å². The smallest absolute Gasteiger partial charge is 0.147 e. The predicted octanol–water partition coefficient (Wildman–Crippen LogP) is 5.05. The van der Waals surface area contributed by atoms with Crippen molar-refractivity contribution in [3.05, 3.63) is 66.2 Å². The molecule has 1 aliphatic rings. The molecule has 3 aromatic rings. The van der Waals surface area contributed by atoms with Gasteiger partial charge in [-0.2, -0.15) is 0 Å². The zero-order valence-corrected chi connectivity index (χ0v) is 19.4.